The molecule has 1 N–H and O–H groups in total. The fraction of sp³-hybridized carbons (Fsp3) is 0.812. The highest BCUT2D eigenvalue weighted by Crippen LogP contribution is 2.40. The first-order chi connectivity index (χ1) is 10.1. The molecule has 1 aliphatic carbocycles. The van der Waals surface area contributed by atoms with Gasteiger partial charge in [0.25, 0.3) is 0 Å². The van der Waals surface area contributed by atoms with Crippen LogP contribution in [0.4, 0.5) is 0 Å². The highest BCUT2D eigenvalue weighted by Gasteiger charge is 2.44. The Morgan fingerprint density at radius 3 is 2.86 bits per heavy atom. The lowest BCUT2D eigenvalue weighted by molar-refractivity contribution is -0.0179. The molecule has 1 aliphatic rings. The zero-order chi connectivity index (χ0) is 15.3. The maximum atomic E-state index is 5.83. The minimum Gasteiger partial charge on any atom is -0.383 e. The van der Waals surface area contributed by atoms with Crippen LogP contribution in [0, 0.1) is 0 Å². The summed E-state index contributed by atoms with van der Waals surface area (Å²) in [6.45, 7) is 5.92. The quantitative estimate of drug-likeness (QED) is 0.785. The molecular weight excluding hydrogens is 284 g/mol. The molecule has 2 unspecified atom stereocenters. The molecule has 0 amide bonds. The van der Waals surface area contributed by atoms with Crippen LogP contribution in [0.2, 0.25) is 0 Å². The van der Waals surface area contributed by atoms with Crippen molar-refractivity contribution in [2.45, 2.75) is 57.1 Å². The number of thiazole rings is 1. The van der Waals surface area contributed by atoms with Gasteiger partial charge in [0.2, 0.25) is 0 Å². The van der Waals surface area contributed by atoms with Gasteiger partial charge >= 0.3 is 0 Å². The van der Waals surface area contributed by atoms with Crippen LogP contribution in [-0.2, 0) is 15.0 Å². The first-order valence-corrected chi connectivity index (χ1v) is 8.74. The van der Waals surface area contributed by atoms with E-state index < -0.39 is 0 Å². The third kappa shape index (κ3) is 3.65. The average molecular weight is 312 g/mol. The van der Waals surface area contributed by atoms with Gasteiger partial charge in [-0.1, -0.05) is 26.7 Å². The zero-order valence-corrected chi connectivity index (χ0v) is 14.5. The number of ether oxygens (including phenoxy) is 2. The molecule has 0 bridgehead atoms. The van der Waals surface area contributed by atoms with Crippen molar-refractivity contribution in [2.75, 3.05) is 27.4 Å². The second-order valence-electron chi connectivity index (χ2n) is 6.09. The van der Waals surface area contributed by atoms with E-state index in [1.807, 2.05) is 7.11 Å². The summed E-state index contributed by atoms with van der Waals surface area (Å²) < 4.78 is 11.0. The summed E-state index contributed by atoms with van der Waals surface area (Å²) in [7, 11) is 3.56. The lowest BCUT2D eigenvalue weighted by Crippen LogP contribution is -2.55. The van der Waals surface area contributed by atoms with Crippen LogP contribution in [0.25, 0.3) is 0 Å². The highest BCUT2D eigenvalue weighted by atomic mass is 32.1. The van der Waals surface area contributed by atoms with E-state index in [1.54, 1.807) is 18.4 Å². The molecule has 1 aromatic rings. The van der Waals surface area contributed by atoms with Gasteiger partial charge in [0.05, 0.1) is 23.9 Å². The predicted octanol–water partition coefficient (Wildman–Crippen LogP) is 3.29. The summed E-state index contributed by atoms with van der Waals surface area (Å²) in [6, 6.07) is 0. The molecule has 0 spiro atoms. The van der Waals surface area contributed by atoms with E-state index >= 15 is 0 Å². The van der Waals surface area contributed by atoms with Crippen LogP contribution in [0.3, 0.4) is 0 Å². The summed E-state index contributed by atoms with van der Waals surface area (Å²) in [5, 5.41) is 7.07. The Kier molecular flexibility index (Phi) is 6.17. The fourth-order valence-corrected chi connectivity index (χ4v) is 4.35. The van der Waals surface area contributed by atoms with Gasteiger partial charge in [0, 0.05) is 26.1 Å². The van der Waals surface area contributed by atoms with Crippen LogP contribution in [-0.4, -0.2) is 38.5 Å². The molecular formula is C16H28N2O2S. The number of hydrogen-bond acceptors (Lipinski definition) is 5. The van der Waals surface area contributed by atoms with Crippen molar-refractivity contribution < 1.29 is 9.47 Å². The Balaban J connectivity index is 2.28. The molecule has 0 radical (unpaired) electrons. The third-order valence-corrected chi connectivity index (χ3v) is 5.40. The van der Waals surface area contributed by atoms with Crippen molar-refractivity contribution in [3.05, 3.63) is 16.1 Å². The summed E-state index contributed by atoms with van der Waals surface area (Å²) in [6.07, 6.45) is 4.81. The number of hydrogen-bond donors (Lipinski definition) is 1. The van der Waals surface area contributed by atoms with Crippen LogP contribution >= 0.6 is 11.3 Å². The van der Waals surface area contributed by atoms with Gasteiger partial charge in [0.15, 0.2) is 0 Å². The normalized spacial score (nSPS) is 26.4. The molecule has 0 aliphatic heterocycles. The molecule has 0 aromatic carbocycles. The summed E-state index contributed by atoms with van der Waals surface area (Å²) in [5.74, 6) is 0.468. The molecule has 21 heavy (non-hydrogen) atoms. The molecule has 1 aromatic heterocycles. The highest BCUT2D eigenvalue weighted by molar-refractivity contribution is 7.09. The molecule has 5 heteroatoms. The van der Waals surface area contributed by atoms with Crippen LogP contribution in [0.15, 0.2) is 5.38 Å². The predicted molar refractivity (Wildman–Crippen MR) is 87.0 cm³/mol. The molecule has 1 fully saturated rings. The smallest absolute Gasteiger partial charge is 0.116 e. The molecule has 2 rings (SSSR count). The van der Waals surface area contributed by atoms with E-state index in [0.29, 0.717) is 12.5 Å². The van der Waals surface area contributed by atoms with Crippen molar-refractivity contribution in [1.82, 2.24) is 10.3 Å². The van der Waals surface area contributed by atoms with E-state index in [-0.39, 0.29) is 11.6 Å². The first kappa shape index (κ1) is 16.9. The van der Waals surface area contributed by atoms with Gasteiger partial charge in [-0.25, -0.2) is 4.98 Å². The maximum absolute atomic E-state index is 5.83. The Morgan fingerprint density at radius 1 is 1.43 bits per heavy atom. The van der Waals surface area contributed by atoms with Crippen molar-refractivity contribution in [2.24, 2.45) is 0 Å². The zero-order valence-electron chi connectivity index (χ0n) is 13.6. The van der Waals surface area contributed by atoms with E-state index in [9.17, 15) is 0 Å². The fourth-order valence-electron chi connectivity index (χ4n) is 3.11. The largest absolute Gasteiger partial charge is 0.383 e. The number of nitrogens with zero attached hydrogens (tertiary/aromatic N) is 1. The van der Waals surface area contributed by atoms with Gasteiger partial charge in [-0.15, -0.1) is 11.3 Å². The summed E-state index contributed by atoms with van der Waals surface area (Å²) in [4.78, 5) is 4.92. The number of aromatic nitrogens is 1. The minimum absolute atomic E-state index is 0.149. The topological polar surface area (TPSA) is 43.4 Å². The van der Waals surface area contributed by atoms with Crippen molar-refractivity contribution in [3.8, 4) is 0 Å². The van der Waals surface area contributed by atoms with Crippen LogP contribution < -0.4 is 5.32 Å². The minimum atomic E-state index is -0.149. The SMILES string of the molecule is COCCNC1(c2nc(C(C)C)cs2)CCCCC1OC. The number of rotatable bonds is 7. The lowest BCUT2D eigenvalue weighted by Gasteiger charge is -2.42. The second-order valence-corrected chi connectivity index (χ2v) is 6.95. The number of methoxy groups -OCH3 is 2. The van der Waals surface area contributed by atoms with E-state index in [0.717, 1.165) is 19.4 Å². The van der Waals surface area contributed by atoms with Gasteiger partial charge in [0.1, 0.15) is 5.01 Å². The maximum Gasteiger partial charge on any atom is 0.116 e. The molecule has 1 heterocycles. The van der Waals surface area contributed by atoms with Gasteiger partial charge in [-0.3, -0.25) is 0 Å². The monoisotopic (exact) mass is 312 g/mol. The van der Waals surface area contributed by atoms with Crippen molar-refractivity contribution in [1.29, 1.82) is 0 Å². The Labute approximate surface area is 132 Å². The number of nitrogens with one attached hydrogen (secondary N) is 1. The Bertz CT molecular complexity index is 436. The molecule has 0 saturated heterocycles. The Hall–Kier alpha value is -0.490. The summed E-state index contributed by atoms with van der Waals surface area (Å²) in [5.41, 5.74) is 1.03. The second kappa shape index (κ2) is 7.68. The van der Waals surface area contributed by atoms with Gasteiger partial charge in [-0.05, 0) is 18.8 Å². The molecule has 2 atom stereocenters. The average Bonchev–Trinajstić information content (AvgIpc) is 2.98. The lowest BCUT2D eigenvalue weighted by atomic mass is 9.79. The van der Waals surface area contributed by atoms with Crippen LogP contribution in [0.5, 0.6) is 0 Å². The Morgan fingerprint density at radius 2 is 2.24 bits per heavy atom. The van der Waals surface area contributed by atoms with E-state index in [1.165, 1.54) is 23.5 Å². The van der Waals surface area contributed by atoms with E-state index in [4.69, 9.17) is 14.5 Å². The summed E-state index contributed by atoms with van der Waals surface area (Å²) >= 11 is 1.77. The molecule has 1 saturated carbocycles. The van der Waals surface area contributed by atoms with Gasteiger partial charge in [-0.2, -0.15) is 0 Å². The first-order valence-electron chi connectivity index (χ1n) is 7.86. The standard InChI is InChI=1S/C16H28N2O2S/c1-12(2)13-11-21-15(18-13)16(17-9-10-19-3)8-6-5-7-14(16)20-4/h11-12,14,17H,5-10H2,1-4H3. The molecule has 4 nitrogen and oxygen atoms in total. The third-order valence-electron chi connectivity index (χ3n) is 4.36. The molecule has 120 valence electrons. The van der Waals surface area contributed by atoms with E-state index in [2.05, 4.69) is 24.5 Å². The van der Waals surface area contributed by atoms with Crippen molar-refractivity contribution >= 4 is 11.3 Å². The van der Waals surface area contributed by atoms with Crippen LogP contribution in [0.1, 0.15) is 56.2 Å². The van der Waals surface area contributed by atoms with Crippen molar-refractivity contribution in [3.63, 3.8) is 0 Å². The van der Waals surface area contributed by atoms with Gasteiger partial charge < -0.3 is 14.8 Å².